The van der Waals surface area contributed by atoms with Crippen LogP contribution in [0.5, 0.6) is 5.75 Å². The maximum Gasteiger partial charge on any atom is 0.205 e. The first kappa shape index (κ1) is 13.9. The zero-order chi connectivity index (χ0) is 12.7. The molecule has 4 N–H and O–H groups in total. The van der Waals surface area contributed by atoms with E-state index >= 15 is 0 Å². The molecule has 0 bridgehead atoms. The van der Waals surface area contributed by atoms with Crippen LogP contribution in [0.2, 0.25) is 0 Å². The number of hydrazine groups is 1. The van der Waals surface area contributed by atoms with Gasteiger partial charge in [-0.15, -0.1) is 0 Å². The predicted octanol–water partition coefficient (Wildman–Crippen LogP) is 1.18. The zero-order valence-electron chi connectivity index (χ0n) is 10.4. The van der Waals surface area contributed by atoms with E-state index in [0.717, 1.165) is 12.3 Å². The summed E-state index contributed by atoms with van der Waals surface area (Å²) < 4.78 is 5.22. The Morgan fingerprint density at radius 1 is 1.47 bits per heavy atom. The molecule has 0 radical (unpaired) electrons. The second-order valence-corrected chi connectivity index (χ2v) is 4.60. The fourth-order valence-corrected chi connectivity index (χ4v) is 2.10. The van der Waals surface area contributed by atoms with Gasteiger partial charge in [-0.3, -0.25) is 0 Å². The number of nitrogen functional groups attached to an aromatic ring is 1. The first-order valence-electron chi connectivity index (χ1n) is 5.31. The minimum absolute atomic E-state index is 0.475. The summed E-state index contributed by atoms with van der Waals surface area (Å²) in [6.45, 7) is 3.01. The Bertz CT molecular complexity index is 349. The molecule has 1 aromatic rings. The van der Waals surface area contributed by atoms with Gasteiger partial charge in [-0.05, 0) is 17.9 Å². The number of nitrogens with zero attached hydrogens (tertiary/aromatic N) is 2. The highest BCUT2D eigenvalue weighted by atomic mass is 32.2. The number of thioether (sulfide) groups is 1. The van der Waals surface area contributed by atoms with Crippen LogP contribution in [-0.2, 0) is 0 Å². The van der Waals surface area contributed by atoms with E-state index in [1.807, 2.05) is 11.8 Å². The summed E-state index contributed by atoms with van der Waals surface area (Å²) in [4.78, 5) is 8.12. The summed E-state index contributed by atoms with van der Waals surface area (Å²) >= 11 is 1.83. The second-order valence-electron chi connectivity index (χ2n) is 3.69. The average molecular weight is 257 g/mol. The molecule has 6 nitrogen and oxygen atoms in total. The summed E-state index contributed by atoms with van der Waals surface area (Å²) in [5.74, 6) is 8.67. The van der Waals surface area contributed by atoms with E-state index in [0.29, 0.717) is 23.3 Å². The molecule has 1 unspecified atom stereocenters. The molecule has 0 aliphatic carbocycles. The Balaban J connectivity index is 2.70. The molecule has 0 saturated carbocycles. The number of aromatic nitrogens is 2. The first-order chi connectivity index (χ1) is 8.22. The van der Waals surface area contributed by atoms with Crippen molar-refractivity contribution in [1.29, 1.82) is 0 Å². The van der Waals surface area contributed by atoms with Crippen molar-refractivity contribution in [3.8, 4) is 5.75 Å². The molecule has 0 spiro atoms. The molecule has 1 rings (SSSR count). The van der Waals surface area contributed by atoms with Crippen molar-refractivity contribution in [3.63, 3.8) is 0 Å². The van der Waals surface area contributed by atoms with Gasteiger partial charge >= 0.3 is 0 Å². The Morgan fingerprint density at radius 2 is 2.18 bits per heavy atom. The third-order valence-electron chi connectivity index (χ3n) is 2.21. The van der Waals surface area contributed by atoms with Crippen LogP contribution in [0, 0.1) is 5.92 Å². The van der Waals surface area contributed by atoms with Gasteiger partial charge < -0.3 is 15.5 Å². The van der Waals surface area contributed by atoms with Gasteiger partial charge in [0.1, 0.15) is 6.33 Å². The van der Waals surface area contributed by atoms with Gasteiger partial charge in [-0.25, -0.2) is 15.8 Å². The topological polar surface area (TPSA) is 85.1 Å². The number of hydrogen-bond donors (Lipinski definition) is 3. The van der Waals surface area contributed by atoms with Crippen molar-refractivity contribution in [2.75, 3.05) is 36.4 Å². The molecule has 0 amide bonds. The van der Waals surface area contributed by atoms with Crippen molar-refractivity contribution in [2.45, 2.75) is 6.92 Å². The Hall–Kier alpha value is -1.21. The number of hydrogen-bond acceptors (Lipinski definition) is 7. The number of nitrogens with two attached hydrogens (primary N) is 1. The molecule has 96 valence electrons. The molecule has 1 heterocycles. The lowest BCUT2D eigenvalue weighted by atomic mass is 10.2. The number of ether oxygens (including phenoxy) is 1. The average Bonchev–Trinajstić information content (AvgIpc) is 2.36. The molecular formula is C10H19N5OS. The maximum absolute atomic E-state index is 5.35. The predicted molar refractivity (Wildman–Crippen MR) is 72.4 cm³/mol. The van der Waals surface area contributed by atoms with Gasteiger partial charge in [-0.1, -0.05) is 6.92 Å². The van der Waals surface area contributed by atoms with Crippen molar-refractivity contribution < 1.29 is 4.74 Å². The number of anilines is 2. The Labute approximate surface area is 106 Å². The van der Waals surface area contributed by atoms with Gasteiger partial charge in [-0.2, -0.15) is 11.8 Å². The number of rotatable bonds is 7. The SMILES string of the molecule is COc1c(NN)ncnc1NCC(C)CSC. The first-order valence-corrected chi connectivity index (χ1v) is 6.70. The second kappa shape index (κ2) is 7.18. The van der Waals surface area contributed by atoms with Crippen LogP contribution in [0.1, 0.15) is 6.92 Å². The Kier molecular flexibility index (Phi) is 5.85. The zero-order valence-corrected chi connectivity index (χ0v) is 11.2. The Morgan fingerprint density at radius 3 is 2.76 bits per heavy atom. The summed E-state index contributed by atoms with van der Waals surface area (Å²) in [5, 5.41) is 3.24. The number of methoxy groups -OCH3 is 1. The summed E-state index contributed by atoms with van der Waals surface area (Å²) in [6.07, 6.45) is 3.54. The van der Waals surface area contributed by atoms with Gasteiger partial charge in [0.25, 0.3) is 0 Å². The lowest BCUT2D eigenvalue weighted by Gasteiger charge is -2.15. The molecule has 17 heavy (non-hydrogen) atoms. The minimum atomic E-state index is 0.475. The fraction of sp³-hybridized carbons (Fsp3) is 0.600. The smallest absolute Gasteiger partial charge is 0.205 e. The summed E-state index contributed by atoms with van der Waals surface area (Å²) in [7, 11) is 1.57. The van der Waals surface area contributed by atoms with E-state index < -0.39 is 0 Å². The van der Waals surface area contributed by atoms with Crippen molar-refractivity contribution >= 4 is 23.4 Å². The van der Waals surface area contributed by atoms with Gasteiger partial charge in [0, 0.05) is 6.54 Å². The van der Waals surface area contributed by atoms with Gasteiger partial charge in [0.15, 0.2) is 11.6 Å². The highest BCUT2D eigenvalue weighted by Gasteiger charge is 2.11. The monoisotopic (exact) mass is 257 g/mol. The number of nitrogens with one attached hydrogen (secondary N) is 2. The van der Waals surface area contributed by atoms with Crippen LogP contribution >= 0.6 is 11.8 Å². The quantitative estimate of drug-likeness (QED) is 0.499. The van der Waals surface area contributed by atoms with Crippen LogP contribution in [0.4, 0.5) is 11.6 Å². The summed E-state index contributed by atoms with van der Waals surface area (Å²) in [5.41, 5.74) is 2.48. The third kappa shape index (κ3) is 3.94. The minimum Gasteiger partial charge on any atom is -0.490 e. The highest BCUT2D eigenvalue weighted by molar-refractivity contribution is 7.98. The molecule has 0 aromatic carbocycles. The van der Waals surface area contributed by atoms with Crippen LogP contribution in [0.3, 0.4) is 0 Å². The van der Waals surface area contributed by atoms with E-state index in [9.17, 15) is 0 Å². The van der Waals surface area contributed by atoms with Gasteiger partial charge in [0.2, 0.25) is 5.75 Å². The van der Waals surface area contributed by atoms with Crippen molar-refractivity contribution in [3.05, 3.63) is 6.33 Å². The normalized spacial score (nSPS) is 12.0. The van der Waals surface area contributed by atoms with E-state index in [-0.39, 0.29) is 0 Å². The molecule has 0 saturated heterocycles. The van der Waals surface area contributed by atoms with Crippen molar-refractivity contribution in [2.24, 2.45) is 11.8 Å². The molecule has 0 fully saturated rings. The summed E-state index contributed by atoms with van der Waals surface area (Å²) in [6, 6.07) is 0. The molecule has 7 heteroatoms. The lowest BCUT2D eigenvalue weighted by Crippen LogP contribution is -2.16. The standard InChI is InChI=1S/C10H19N5OS/c1-7(5-17-3)4-12-9-8(16-2)10(15-11)14-6-13-9/h6-7H,4-5,11H2,1-3H3,(H2,12,13,14,15). The van der Waals surface area contributed by atoms with E-state index in [2.05, 4.69) is 33.9 Å². The van der Waals surface area contributed by atoms with Crippen LogP contribution in [0.15, 0.2) is 6.33 Å². The van der Waals surface area contributed by atoms with E-state index in [1.54, 1.807) is 7.11 Å². The maximum atomic E-state index is 5.35. The van der Waals surface area contributed by atoms with Crippen LogP contribution in [0.25, 0.3) is 0 Å². The van der Waals surface area contributed by atoms with Crippen molar-refractivity contribution in [1.82, 2.24) is 9.97 Å². The molecule has 0 aliphatic heterocycles. The highest BCUT2D eigenvalue weighted by Crippen LogP contribution is 2.28. The molecular weight excluding hydrogens is 238 g/mol. The molecule has 1 aromatic heterocycles. The van der Waals surface area contributed by atoms with Gasteiger partial charge in [0.05, 0.1) is 7.11 Å². The molecule has 1 atom stereocenters. The van der Waals surface area contributed by atoms with E-state index in [4.69, 9.17) is 10.6 Å². The van der Waals surface area contributed by atoms with E-state index in [1.165, 1.54) is 6.33 Å². The largest absolute Gasteiger partial charge is 0.490 e. The fourth-order valence-electron chi connectivity index (χ4n) is 1.41. The van der Waals surface area contributed by atoms with Crippen LogP contribution < -0.4 is 21.3 Å². The third-order valence-corrected chi connectivity index (χ3v) is 3.12. The van der Waals surface area contributed by atoms with Crippen LogP contribution in [-0.4, -0.2) is 35.6 Å². The molecule has 0 aliphatic rings. The lowest BCUT2D eigenvalue weighted by molar-refractivity contribution is 0.414.